The number of rotatable bonds is 3. The standard InChI is InChI=1S/C15H14ClN3/c16-12-6-2-1-5-11(12)15-18-13(8-9-17)14-7-3-4-10-19(14)15/h1-7,10H,8-9,17H2. The lowest BCUT2D eigenvalue weighted by Crippen LogP contribution is -2.03. The number of nitrogens with zero attached hydrogens (tertiary/aromatic N) is 2. The van der Waals surface area contributed by atoms with E-state index in [1.807, 2.05) is 42.6 Å². The molecule has 0 fully saturated rings. The predicted octanol–water partition coefficient (Wildman–Crippen LogP) is 3.16. The van der Waals surface area contributed by atoms with E-state index in [2.05, 4.69) is 10.5 Å². The molecule has 0 atom stereocenters. The third kappa shape index (κ3) is 2.11. The van der Waals surface area contributed by atoms with Crippen molar-refractivity contribution in [1.29, 1.82) is 0 Å². The lowest BCUT2D eigenvalue weighted by Gasteiger charge is -2.02. The molecule has 0 spiro atoms. The molecule has 0 bridgehead atoms. The molecule has 0 aliphatic rings. The van der Waals surface area contributed by atoms with Gasteiger partial charge in [-0.25, -0.2) is 4.98 Å². The molecule has 0 aliphatic carbocycles. The van der Waals surface area contributed by atoms with E-state index in [0.29, 0.717) is 11.6 Å². The minimum Gasteiger partial charge on any atom is -0.330 e. The summed E-state index contributed by atoms with van der Waals surface area (Å²) in [7, 11) is 0. The fourth-order valence-electron chi connectivity index (χ4n) is 2.26. The molecule has 2 N–H and O–H groups in total. The van der Waals surface area contributed by atoms with Gasteiger partial charge >= 0.3 is 0 Å². The molecule has 0 aliphatic heterocycles. The van der Waals surface area contributed by atoms with E-state index in [1.54, 1.807) is 0 Å². The number of halogens is 1. The lowest BCUT2D eigenvalue weighted by atomic mass is 10.2. The van der Waals surface area contributed by atoms with Crippen LogP contribution in [0.4, 0.5) is 0 Å². The molecule has 0 radical (unpaired) electrons. The second-order valence-corrected chi connectivity index (χ2v) is 4.76. The minimum absolute atomic E-state index is 0.587. The average molecular weight is 272 g/mol. The molecule has 3 rings (SSSR count). The summed E-state index contributed by atoms with van der Waals surface area (Å²) in [6.07, 6.45) is 2.76. The number of nitrogens with two attached hydrogens (primary N) is 1. The molecule has 4 heteroatoms. The Hall–Kier alpha value is -1.84. The minimum atomic E-state index is 0.587. The largest absolute Gasteiger partial charge is 0.330 e. The Kier molecular flexibility index (Phi) is 3.23. The van der Waals surface area contributed by atoms with Crippen molar-refractivity contribution in [3.05, 3.63) is 59.4 Å². The second-order valence-electron chi connectivity index (χ2n) is 4.36. The molecule has 2 heterocycles. The van der Waals surface area contributed by atoms with Crippen LogP contribution in [0.3, 0.4) is 0 Å². The van der Waals surface area contributed by atoms with Crippen molar-refractivity contribution < 1.29 is 0 Å². The highest BCUT2D eigenvalue weighted by Gasteiger charge is 2.13. The number of aromatic nitrogens is 2. The molecular weight excluding hydrogens is 258 g/mol. The fourth-order valence-corrected chi connectivity index (χ4v) is 2.48. The SMILES string of the molecule is NCCc1nc(-c2ccccc2Cl)n2ccccc12. The quantitative estimate of drug-likeness (QED) is 0.795. The molecule has 1 aromatic carbocycles. The molecule has 0 unspecified atom stereocenters. The number of benzene rings is 1. The molecule has 96 valence electrons. The zero-order chi connectivity index (χ0) is 13.2. The number of fused-ring (bicyclic) bond motifs is 1. The van der Waals surface area contributed by atoms with Crippen LogP contribution in [0.25, 0.3) is 16.9 Å². The van der Waals surface area contributed by atoms with Gasteiger partial charge in [0.1, 0.15) is 5.82 Å². The zero-order valence-corrected chi connectivity index (χ0v) is 11.1. The van der Waals surface area contributed by atoms with Crippen molar-refractivity contribution >= 4 is 17.1 Å². The summed E-state index contributed by atoms with van der Waals surface area (Å²) in [5.41, 5.74) is 8.69. The molecule has 3 aromatic rings. The van der Waals surface area contributed by atoms with E-state index >= 15 is 0 Å². The van der Waals surface area contributed by atoms with Gasteiger partial charge in [-0.3, -0.25) is 4.40 Å². The van der Waals surface area contributed by atoms with E-state index in [4.69, 9.17) is 22.3 Å². The van der Waals surface area contributed by atoms with Crippen LogP contribution < -0.4 is 5.73 Å². The first-order valence-corrected chi connectivity index (χ1v) is 6.60. The maximum absolute atomic E-state index is 6.27. The fraction of sp³-hybridized carbons (Fsp3) is 0.133. The highest BCUT2D eigenvalue weighted by Crippen LogP contribution is 2.28. The van der Waals surface area contributed by atoms with Gasteiger partial charge in [0.05, 0.1) is 16.2 Å². The van der Waals surface area contributed by atoms with Crippen molar-refractivity contribution in [2.45, 2.75) is 6.42 Å². The van der Waals surface area contributed by atoms with E-state index in [9.17, 15) is 0 Å². The highest BCUT2D eigenvalue weighted by atomic mass is 35.5. The summed E-state index contributed by atoms with van der Waals surface area (Å²) in [5.74, 6) is 0.865. The van der Waals surface area contributed by atoms with Crippen LogP contribution in [-0.2, 0) is 6.42 Å². The van der Waals surface area contributed by atoms with E-state index in [-0.39, 0.29) is 0 Å². The topological polar surface area (TPSA) is 43.3 Å². The van der Waals surface area contributed by atoms with Crippen molar-refractivity contribution in [3.8, 4) is 11.4 Å². The second kappa shape index (κ2) is 5.03. The van der Waals surface area contributed by atoms with Gasteiger partial charge in [0.25, 0.3) is 0 Å². The Bertz CT molecular complexity index is 718. The van der Waals surface area contributed by atoms with E-state index in [0.717, 1.165) is 29.0 Å². The maximum atomic E-state index is 6.27. The van der Waals surface area contributed by atoms with Crippen LogP contribution in [0.2, 0.25) is 5.02 Å². The van der Waals surface area contributed by atoms with Crippen molar-refractivity contribution in [2.24, 2.45) is 5.73 Å². The van der Waals surface area contributed by atoms with Gasteiger partial charge in [0.2, 0.25) is 0 Å². The van der Waals surface area contributed by atoms with Gasteiger partial charge < -0.3 is 5.73 Å². The Labute approximate surface area is 116 Å². The molecule has 0 saturated carbocycles. The number of hydrogen-bond acceptors (Lipinski definition) is 2. The summed E-state index contributed by atoms with van der Waals surface area (Å²) >= 11 is 6.27. The summed E-state index contributed by atoms with van der Waals surface area (Å²) < 4.78 is 2.06. The first-order valence-electron chi connectivity index (χ1n) is 6.22. The summed E-state index contributed by atoms with van der Waals surface area (Å²) in [6.45, 7) is 0.587. The van der Waals surface area contributed by atoms with Crippen LogP contribution in [-0.4, -0.2) is 15.9 Å². The van der Waals surface area contributed by atoms with Gasteiger partial charge in [0.15, 0.2) is 0 Å². The van der Waals surface area contributed by atoms with Crippen molar-refractivity contribution in [3.63, 3.8) is 0 Å². The molecule has 0 saturated heterocycles. The van der Waals surface area contributed by atoms with Crippen LogP contribution >= 0.6 is 11.6 Å². The average Bonchev–Trinajstić information content (AvgIpc) is 2.79. The van der Waals surface area contributed by atoms with Crippen LogP contribution in [0.1, 0.15) is 5.69 Å². The first kappa shape index (κ1) is 12.2. The molecule has 3 nitrogen and oxygen atoms in total. The summed E-state index contributed by atoms with van der Waals surface area (Å²) in [4.78, 5) is 4.71. The maximum Gasteiger partial charge on any atom is 0.146 e. The van der Waals surface area contributed by atoms with Gasteiger partial charge in [0, 0.05) is 18.2 Å². The van der Waals surface area contributed by atoms with Crippen LogP contribution in [0.5, 0.6) is 0 Å². The number of imidazole rings is 1. The van der Waals surface area contributed by atoms with Crippen molar-refractivity contribution in [1.82, 2.24) is 9.38 Å². The number of pyridine rings is 1. The van der Waals surface area contributed by atoms with Crippen molar-refractivity contribution in [2.75, 3.05) is 6.54 Å². The molecule has 0 amide bonds. The summed E-state index contributed by atoms with van der Waals surface area (Å²) in [5, 5.41) is 0.706. The smallest absolute Gasteiger partial charge is 0.146 e. The Morgan fingerprint density at radius 1 is 1.11 bits per heavy atom. The Morgan fingerprint density at radius 3 is 2.68 bits per heavy atom. The normalized spacial score (nSPS) is 11.1. The summed E-state index contributed by atoms with van der Waals surface area (Å²) in [6, 6.07) is 13.8. The molecule has 19 heavy (non-hydrogen) atoms. The van der Waals surface area contributed by atoms with Gasteiger partial charge in [-0.05, 0) is 30.8 Å². The van der Waals surface area contributed by atoms with E-state index < -0.39 is 0 Å². The van der Waals surface area contributed by atoms with Crippen LogP contribution in [0, 0.1) is 0 Å². The third-order valence-electron chi connectivity index (χ3n) is 3.12. The monoisotopic (exact) mass is 271 g/mol. The van der Waals surface area contributed by atoms with Gasteiger partial charge in [-0.15, -0.1) is 0 Å². The first-order chi connectivity index (χ1) is 9.31. The van der Waals surface area contributed by atoms with E-state index in [1.165, 1.54) is 0 Å². The number of hydrogen-bond donors (Lipinski definition) is 1. The Morgan fingerprint density at radius 2 is 1.89 bits per heavy atom. The Balaban J connectivity index is 2.27. The molecular formula is C15H14ClN3. The predicted molar refractivity (Wildman–Crippen MR) is 78.4 cm³/mol. The highest BCUT2D eigenvalue weighted by molar-refractivity contribution is 6.33. The zero-order valence-electron chi connectivity index (χ0n) is 10.4. The molecule has 2 aromatic heterocycles. The lowest BCUT2D eigenvalue weighted by molar-refractivity contribution is 0.944. The van der Waals surface area contributed by atoms with Gasteiger partial charge in [-0.1, -0.05) is 29.8 Å². The van der Waals surface area contributed by atoms with Crippen LogP contribution in [0.15, 0.2) is 48.7 Å². The third-order valence-corrected chi connectivity index (χ3v) is 3.45. The van der Waals surface area contributed by atoms with Gasteiger partial charge in [-0.2, -0.15) is 0 Å².